The van der Waals surface area contributed by atoms with Crippen LogP contribution in [-0.4, -0.2) is 79.0 Å². The molecule has 0 spiro atoms. The fourth-order valence-electron chi connectivity index (χ4n) is 4.40. The van der Waals surface area contributed by atoms with Crippen LogP contribution in [-0.2, 0) is 11.2 Å². The van der Waals surface area contributed by atoms with Gasteiger partial charge in [-0.1, -0.05) is 24.6 Å². The fourth-order valence-corrected chi connectivity index (χ4v) is 4.40. The Bertz CT molecular complexity index is 885. The molecule has 3 N–H and O–H groups in total. The van der Waals surface area contributed by atoms with Crippen LogP contribution in [0.2, 0.25) is 0 Å². The van der Waals surface area contributed by atoms with Crippen LogP contribution in [0.1, 0.15) is 31.7 Å². The van der Waals surface area contributed by atoms with E-state index in [4.69, 9.17) is 4.99 Å². The van der Waals surface area contributed by atoms with Crippen molar-refractivity contribution in [2.75, 3.05) is 52.4 Å². The number of amides is 1. The third kappa shape index (κ3) is 6.37. The van der Waals surface area contributed by atoms with Gasteiger partial charge in [0.05, 0.1) is 6.54 Å². The molecule has 176 valence electrons. The van der Waals surface area contributed by atoms with E-state index in [0.29, 0.717) is 11.8 Å². The Hall–Kier alpha value is -1.81. The van der Waals surface area contributed by atoms with E-state index in [-0.39, 0.29) is 24.0 Å². The fraction of sp³-hybridized carbons (Fsp3) is 0.583. The molecule has 1 amide bonds. The molecule has 2 aromatic rings. The maximum atomic E-state index is 12.4. The van der Waals surface area contributed by atoms with Crippen molar-refractivity contribution in [2.45, 2.75) is 32.6 Å². The molecule has 1 saturated heterocycles. The number of aliphatic imine (C=N–C) groups is 1. The maximum Gasteiger partial charge on any atom is 0.225 e. The summed E-state index contributed by atoms with van der Waals surface area (Å²) in [5.74, 6) is 1.58. The van der Waals surface area contributed by atoms with Crippen molar-refractivity contribution in [3.05, 3.63) is 36.0 Å². The van der Waals surface area contributed by atoms with Gasteiger partial charge in [0.1, 0.15) is 0 Å². The Morgan fingerprint density at radius 2 is 1.94 bits per heavy atom. The molecule has 2 heterocycles. The van der Waals surface area contributed by atoms with Gasteiger partial charge in [-0.25, -0.2) is 0 Å². The van der Waals surface area contributed by atoms with E-state index in [0.717, 1.165) is 77.6 Å². The van der Waals surface area contributed by atoms with Crippen LogP contribution in [0.25, 0.3) is 10.9 Å². The molecule has 1 aliphatic heterocycles. The molecule has 8 heteroatoms. The van der Waals surface area contributed by atoms with Gasteiger partial charge in [-0.05, 0) is 37.8 Å². The van der Waals surface area contributed by atoms with Gasteiger partial charge >= 0.3 is 0 Å². The first-order valence-corrected chi connectivity index (χ1v) is 11.8. The second kappa shape index (κ2) is 12.4. The van der Waals surface area contributed by atoms with Crippen LogP contribution in [0.5, 0.6) is 0 Å². The van der Waals surface area contributed by atoms with E-state index < -0.39 is 0 Å². The summed E-state index contributed by atoms with van der Waals surface area (Å²) in [5, 5.41) is 8.10. The Kier molecular flexibility index (Phi) is 9.65. The number of benzene rings is 1. The summed E-state index contributed by atoms with van der Waals surface area (Å²) < 4.78 is 0. The third-order valence-corrected chi connectivity index (χ3v) is 6.53. The SMILES string of the molecule is CCNC(=NCCN1CCN(C(=O)C2CCC2)CC1)NCCc1c[nH]c2ccccc12.I. The first-order valence-electron chi connectivity index (χ1n) is 11.8. The number of hydrogen-bond acceptors (Lipinski definition) is 3. The average molecular weight is 553 g/mol. The third-order valence-electron chi connectivity index (χ3n) is 6.53. The van der Waals surface area contributed by atoms with E-state index in [1.807, 2.05) is 0 Å². The normalized spacial score (nSPS) is 17.7. The highest BCUT2D eigenvalue weighted by molar-refractivity contribution is 14.0. The second-order valence-corrected chi connectivity index (χ2v) is 8.59. The first-order chi connectivity index (χ1) is 15.2. The number of nitrogens with zero attached hydrogens (tertiary/aromatic N) is 3. The van der Waals surface area contributed by atoms with Crippen molar-refractivity contribution >= 4 is 46.7 Å². The summed E-state index contributed by atoms with van der Waals surface area (Å²) in [4.78, 5) is 25.0. The monoisotopic (exact) mass is 552 g/mol. The molecule has 1 aromatic heterocycles. The lowest BCUT2D eigenvalue weighted by atomic mass is 9.84. The van der Waals surface area contributed by atoms with Gasteiger partial charge in [0, 0.05) is 68.8 Å². The number of para-hydroxylation sites is 1. The number of guanidine groups is 1. The minimum atomic E-state index is 0. The van der Waals surface area contributed by atoms with Crippen LogP contribution in [0.3, 0.4) is 0 Å². The quantitative estimate of drug-likeness (QED) is 0.268. The number of hydrogen-bond donors (Lipinski definition) is 3. The summed E-state index contributed by atoms with van der Waals surface area (Å²) >= 11 is 0. The van der Waals surface area contributed by atoms with Crippen LogP contribution in [0.4, 0.5) is 0 Å². The molecule has 0 unspecified atom stereocenters. The number of H-pyrrole nitrogens is 1. The van der Waals surface area contributed by atoms with Gasteiger partial charge in [-0.2, -0.15) is 0 Å². The summed E-state index contributed by atoms with van der Waals surface area (Å²) in [5.41, 5.74) is 2.51. The van der Waals surface area contributed by atoms with Crippen molar-refractivity contribution in [3.8, 4) is 0 Å². The minimum absolute atomic E-state index is 0. The van der Waals surface area contributed by atoms with Crippen molar-refractivity contribution in [2.24, 2.45) is 10.9 Å². The van der Waals surface area contributed by atoms with E-state index in [9.17, 15) is 4.79 Å². The van der Waals surface area contributed by atoms with Gasteiger partial charge in [-0.3, -0.25) is 14.7 Å². The van der Waals surface area contributed by atoms with Crippen molar-refractivity contribution in [1.29, 1.82) is 0 Å². The molecule has 2 fully saturated rings. The Labute approximate surface area is 208 Å². The van der Waals surface area contributed by atoms with E-state index in [1.165, 1.54) is 22.9 Å². The van der Waals surface area contributed by atoms with Gasteiger partial charge in [-0.15, -0.1) is 24.0 Å². The lowest BCUT2D eigenvalue weighted by molar-refractivity contribution is -0.139. The summed E-state index contributed by atoms with van der Waals surface area (Å²) in [6.07, 6.45) is 6.46. The maximum absolute atomic E-state index is 12.4. The minimum Gasteiger partial charge on any atom is -0.361 e. The Morgan fingerprint density at radius 1 is 1.16 bits per heavy atom. The highest BCUT2D eigenvalue weighted by atomic mass is 127. The molecule has 0 atom stereocenters. The molecule has 0 bridgehead atoms. The summed E-state index contributed by atoms with van der Waals surface area (Å²) in [6, 6.07) is 8.42. The summed E-state index contributed by atoms with van der Waals surface area (Å²) in [7, 11) is 0. The zero-order valence-electron chi connectivity index (χ0n) is 19.1. The predicted octanol–water partition coefficient (Wildman–Crippen LogP) is 2.83. The molecule has 1 saturated carbocycles. The van der Waals surface area contributed by atoms with Crippen molar-refractivity contribution in [1.82, 2.24) is 25.4 Å². The molecule has 7 nitrogen and oxygen atoms in total. The van der Waals surface area contributed by atoms with Crippen LogP contribution < -0.4 is 10.6 Å². The first kappa shape index (κ1) is 24.8. The lowest BCUT2D eigenvalue weighted by Crippen LogP contribution is -2.51. The molecular weight excluding hydrogens is 515 g/mol. The number of carbonyl (C=O) groups excluding carboxylic acids is 1. The number of aromatic nitrogens is 1. The topological polar surface area (TPSA) is 75.8 Å². The van der Waals surface area contributed by atoms with Crippen LogP contribution >= 0.6 is 24.0 Å². The number of aromatic amines is 1. The Morgan fingerprint density at radius 3 is 2.66 bits per heavy atom. The molecule has 32 heavy (non-hydrogen) atoms. The zero-order valence-corrected chi connectivity index (χ0v) is 21.4. The smallest absolute Gasteiger partial charge is 0.225 e. The number of nitrogens with one attached hydrogen (secondary N) is 3. The molecule has 0 radical (unpaired) electrons. The lowest BCUT2D eigenvalue weighted by Gasteiger charge is -2.38. The average Bonchev–Trinajstić information content (AvgIpc) is 3.16. The van der Waals surface area contributed by atoms with Gasteiger partial charge in [0.25, 0.3) is 0 Å². The zero-order chi connectivity index (χ0) is 21.5. The van der Waals surface area contributed by atoms with Crippen LogP contribution in [0.15, 0.2) is 35.5 Å². The molecule has 2 aliphatic rings. The van der Waals surface area contributed by atoms with Gasteiger partial charge in [0.2, 0.25) is 5.91 Å². The van der Waals surface area contributed by atoms with Crippen LogP contribution in [0, 0.1) is 5.92 Å². The standard InChI is InChI=1S/C24H36N6O.HI/c1-2-25-24(26-11-10-20-18-28-22-9-4-3-8-21(20)22)27-12-13-29-14-16-30(17-15-29)23(31)19-6-5-7-19;/h3-4,8-9,18-19,28H,2,5-7,10-17H2,1H3,(H2,25,26,27);1H. The predicted molar refractivity (Wildman–Crippen MR) is 142 cm³/mol. The van der Waals surface area contributed by atoms with Crippen molar-refractivity contribution < 1.29 is 4.79 Å². The number of fused-ring (bicyclic) bond motifs is 1. The van der Waals surface area contributed by atoms with Gasteiger partial charge < -0.3 is 20.5 Å². The van der Waals surface area contributed by atoms with E-state index >= 15 is 0 Å². The number of carbonyl (C=O) groups is 1. The highest BCUT2D eigenvalue weighted by Crippen LogP contribution is 2.28. The second-order valence-electron chi connectivity index (χ2n) is 8.59. The van der Waals surface area contributed by atoms with Gasteiger partial charge in [0.15, 0.2) is 5.96 Å². The van der Waals surface area contributed by atoms with E-state index in [1.54, 1.807) is 0 Å². The Balaban J connectivity index is 0.00000289. The molecule has 1 aromatic carbocycles. The molecular formula is C24H37IN6O. The number of rotatable bonds is 8. The molecule has 4 rings (SSSR count). The highest BCUT2D eigenvalue weighted by Gasteiger charge is 2.30. The molecule has 1 aliphatic carbocycles. The van der Waals surface area contributed by atoms with E-state index in [2.05, 4.69) is 62.8 Å². The number of piperazine rings is 1. The summed E-state index contributed by atoms with van der Waals surface area (Å²) in [6.45, 7) is 9.12. The number of halogens is 1. The van der Waals surface area contributed by atoms with Crippen molar-refractivity contribution in [3.63, 3.8) is 0 Å². The largest absolute Gasteiger partial charge is 0.361 e.